The summed E-state index contributed by atoms with van der Waals surface area (Å²) in [6.07, 6.45) is 0.787. The second-order valence-electron chi connectivity index (χ2n) is 7.45. The minimum absolute atomic E-state index is 0.0504. The number of carbonyl (C=O) groups is 6. The van der Waals surface area contributed by atoms with E-state index < -0.39 is 11.9 Å². The molecule has 0 unspecified atom stereocenters. The van der Waals surface area contributed by atoms with Gasteiger partial charge in [0.1, 0.15) is 0 Å². The fraction of sp³-hybridized carbons (Fsp3) is 0.143. The lowest BCUT2D eigenvalue weighted by atomic mass is 10.0. The number of fused-ring (bicyclic) bond motifs is 2. The van der Waals surface area contributed by atoms with E-state index in [0.717, 1.165) is 17.5 Å². The van der Waals surface area contributed by atoms with E-state index in [1.807, 2.05) is 36.4 Å². The molecule has 0 amide bonds. The molecule has 3 aromatic rings. The molecule has 1 heterocycles. The van der Waals surface area contributed by atoms with Crippen molar-refractivity contribution in [3.8, 4) is 0 Å². The number of rotatable bonds is 4. The molecule has 0 saturated carbocycles. The highest BCUT2D eigenvalue weighted by molar-refractivity contribution is 6.24. The number of benzene rings is 3. The number of methoxy groups -OCH3 is 2. The van der Waals surface area contributed by atoms with Gasteiger partial charge in [0.15, 0.2) is 11.6 Å². The second kappa shape index (κ2) is 14.5. The highest BCUT2D eigenvalue weighted by Gasteiger charge is 2.29. The van der Waals surface area contributed by atoms with Gasteiger partial charge in [-0.3, -0.25) is 19.2 Å². The Morgan fingerprint density at radius 2 is 1.14 bits per heavy atom. The molecule has 1 aliphatic heterocycles. The molecule has 1 aliphatic carbocycles. The predicted molar refractivity (Wildman–Crippen MR) is 131 cm³/mol. The van der Waals surface area contributed by atoms with Crippen LogP contribution in [-0.4, -0.2) is 50.7 Å². The van der Waals surface area contributed by atoms with Gasteiger partial charge in [-0.15, -0.1) is 0 Å². The average molecular weight is 504 g/mol. The van der Waals surface area contributed by atoms with Crippen LogP contribution >= 0.6 is 0 Å². The SMILES string of the molecule is COC=O.COC=O.O=C1CC(=O)c2ccccc21.O=C1OC(=O)c2cc(Cc3ccccc3)ccc21. The van der Waals surface area contributed by atoms with E-state index in [1.54, 1.807) is 36.4 Å². The van der Waals surface area contributed by atoms with Crippen LogP contribution in [0.2, 0.25) is 0 Å². The number of Topliss-reactive ketones (excluding diaryl/α,β-unsaturated/α-hetero) is 2. The molecule has 37 heavy (non-hydrogen) atoms. The molecule has 0 radical (unpaired) electrons. The number of cyclic esters (lactones) is 2. The lowest BCUT2D eigenvalue weighted by Gasteiger charge is -2.02. The summed E-state index contributed by atoms with van der Waals surface area (Å²) in [5, 5.41) is 0. The summed E-state index contributed by atoms with van der Waals surface area (Å²) in [5.41, 5.74) is 4.04. The van der Waals surface area contributed by atoms with Crippen molar-refractivity contribution in [1.82, 2.24) is 0 Å². The lowest BCUT2D eigenvalue weighted by molar-refractivity contribution is -0.126. The average Bonchev–Trinajstić information content (AvgIpc) is 3.38. The maximum atomic E-state index is 11.4. The molecule has 2 aliphatic rings. The standard InChI is InChI=1S/C15H10O3.C9H6O2.2C2H4O2/c16-14-12-7-6-11(9-13(12)15(17)18-14)8-10-4-2-1-3-5-10;10-8-5-9(11)7-4-2-1-3-6(7)8;2*1-4-2-3/h1-7,9H,8H2;1-4H,5H2;2*2H,1H3. The molecule has 190 valence electrons. The first-order valence-electron chi connectivity index (χ1n) is 10.9. The Balaban J connectivity index is 0.000000215. The van der Waals surface area contributed by atoms with Crippen molar-refractivity contribution in [2.75, 3.05) is 14.2 Å². The van der Waals surface area contributed by atoms with Crippen LogP contribution in [-0.2, 0) is 30.2 Å². The zero-order chi connectivity index (χ0) is 27.2. The summed E-state index contributed by atoms with van der Waals surface area (Å²) in [6, 6.07) is 22.1. The number of ether oxygens (including phenoxy) is 3. The molecule has 0 fully saturated rings. The molecule has 9 heteroatoms. The van der Waals surface area contributed by atoms with Crippen molar-refractivity contribution >= 4 is 36.4 Å². The highest BCUT2D eigenvalue weighted by Crippen LogP contribution is 2.22. The Labute approximate surface area is 213 Å². The number of hydrogen-bond donors (Lipinski definition) is 0. The van der Waals surface area contributed by atoms with Crippen LogP contribution in [0.3, 0.4) is 0 Å². The largest absolute Gasteiger partial charge is 0.471 e. The van der Waals surface area contributed by atoms with Gasteiger partial charge in [-0.05, 0) is 29.7 Å². The zero-order valence-electron chi connectivity index (χ0n) is 20.2. The van der Waals surface area contributed by atoms with Gasteiger partial charge in [-0.25, -0.2) is 9.59 Å². The smallest absolute Gasteiger partial charge is 0.346 e. The molecule has 5 rings (SSSR count). The fourth-order valence-corrected chi connectivity index (χ4v) is 3.38. The summed E-state index contributed by atoms with van der Waals surface area (Å²) in [4.78, 5) is 62.8. The zero-order valence-corrected chi connectivity index (χ0v) is 20.2. The number of hydrogen-bond acceptors (Lipinski definition) is 9. The molecule has 0 spiro atoms. The normalized spacial score (nSPS) is 12.2. The minimum Gasteiger partial charge on any atom is -0.471 e. The second-order valence-corrected chi connectivity index (χ2v) is 7.45. The van der Waals surface area contributed by atoms with Gasteiger partial charge in [0.05, 0.1) is 31.8 Å². The van der Waals surface area contributed by atoms with E-state index in [2.05, 4.69) is 14.2 Å². The van der Waals surface area contributed by atoms with Gasteiger partial charge in [0.25, 0.3) is 12.9 Å². The molecule has 9 nitrogen and oxygen atoms in total. The van der Waals surface area contributed by atoms with E-state index in [0.29, 0.717) is 35.2 Å². The monoisotopic (exact) mass is 504 g/mol. The first kappa shape index (κ1) is 28.3. The highest BCUT2D eigenvalue weighted by atomic mass is 16.6. The van der Waals surface area contributed by atoms with Crippen LogP contribution < -0.4 is 0 Å². The molecule has 0 aromatic heterocycles. The Bertz CT molecular complexity index is 1240. The summed E-state index contributed by atoms with van der Waals surface area (Å²) < 4.78 is 12.3. The third-order valence-electron chi connectivity index (χ3n) is 5.00. The van der Waals surface area contributed by atoms with E-state index in [-0.39, 0.29) is 18.0 Å². The molecule has 0 bridgehead atoms. The lowest BCUT2D eigenvalue weighted by Crippen LogP contribution is -1.97. The molecular formula is C28H24O9. The number of ketones is 2. The van der Waals surface area contributed by atoms with Crippen molar-refractivity contribution in [2.45, 2.75) is 12.8 Å². The molecule has 3 aromatic carbocycles. The third kappa shape index (κ3) is 8.07. The fourth-order valence-electron chi connectivity index (χ4n) is 3.38. The van der Waals surface area contributed by atoms with Crippen LogP contribution in [0.15, 0.2) is 72.8 Å². The summed E-state index contributed by atoms with van der Waals surface area (Å²) >= 11 is 0. The van der Waals surface area contributed by atoms with Gasteiger partial charge < -0.3 is 14.2 Å². The predicted octanol–water partition coefficient (Wildman–Crippen LogP) is 3.62. The van der Waals surface area contributed by atoms with Crippen LogP contribution in [0.4, 0.5) is 0 Å². The minimum atomic E-state index is -0.554. The van der Waals surface area contributed by atoms with E-state index in [1.165, 1.54) is 14.2 Å². The van der Waals surface area contributed by atoms with Crippen LogP contribution in [0.1, 0.15) is 59.0 Å². The van der Waals surface area contributed by atoms with Crippen molar-refractivity contribution in [3.05, 3.63) is 106 Å². The number of carbonyl (C=O) groups excluding carboxylic acids is 6. The van der Waals surface area contributed by atoms with Gasteiger partial charge >= 0.3 is 11.9 Å². The maximum Gasteiger partial charge on any atom is 0.346 e. The van der Waals surface area contributed by atoms with Crippen molar-refractivity contribution < 1.29 is 43.0 Å². The first-order chi connectivity index (χ1) is 17.9. The van der Waals surface area contributed by atoms with Crippen molar-refractivity contribution in [1.29, 1.82) is 0 Å². The van der Waals surface area contributed by atoms with E-state index >= 15 is 0 Å². The molecule has 0 atom stereocenters. The maximum absolute atomic E-state index is 11.4. The molecule has 0 saturated heterocycles. The Hall–Kier alpha value is -4.92. The van der Waals surface area contributed by atoms with Gasteiger partial charge in [0.2, 0.25) is 0 Å². The Kier molecular flexibility index (Phi) is 11.1. The van der Waals surface area contributed by atoms with E-state index in [9.17, 15) is 19.2 Å². The van der Waals surface area contributed by atoms with Crippen LogP contribution in [0.5, 0.6) is 0 Å². The summed E-state index contributed by atoms with van der Waals surface area (Å²) in [5.74, 6) is -1.21. The Morgan fingerprint density at radius 3 is 1.65 bits per heavy atom. The van der Waals surface area contributed by atoms with Crippen molar-refractivity contribution in [3.63, 3.8) is 0 Å². The number of esters is 2. The third-order valence-corrected chi connectivity index (χ3v) is 5.00. The Morgan fingerprint density at radius 1 is 0.649 bits per heavy atom. The summed E-state index contributed by atoms with van der Waals surface area (Å²) in [6.45, 7) is 0.750. The topological polar surface area (TPSA) is 130 Å². The van der Waals surface area contributed by atoms with Crippen LogP contribution in [0, 0.1) is 0 Å². The van der Waals surface area contributed by atoms with Crippen LogP contribution in [0.25, 0.3) is 0 Å². The van der Waals surface area contributed by atoms with E-state index in [4.69, 9.17) is 9.59 Å². The molecular weight excluding hydrogens is 480 g/mol. The van der Waals surface area contributed by atoms with Gasteiger partial charge in [-0.2, -0.15) is 0 Å². The quantitative estimate of drug-likeness (QED) is 0.226. The summed E-state index contributed by atoms with van der Waals surface area (Å²) in [7, 11) is 2.62. The van der Waals surface area contributed by atoms with Crippen molar-refractivity contribution in [2.24, 2.45) is 0 Å². The molecule has 0 N–H and O–H groups in total. The van der Waals surface area contributed by atoms with Gasteiger partial charge in [0, 0.05) is 11.1 Å². The van der Waals surface area contributed by atoms with Gasteiger partial charge in [-0.1, -0.05) is 60.7 Å². The first-order valence-corrected chi connectivity index (χ1v) is 10.9.